The Balaban J connectivity index is 1.64. The third kappa shape index (κ3) is 2.90. The van der Waals surface area contributed by atoms with E-state index >= 15 is 0 Å². The van der Waals surface area contributed by atoms with Crippen LogP contribution in [0.3, 0.4) is 0 Å². The number of nitrogens with two attached hydrogens (primary N) is 1. The molecule has 4 nitrogen and oxygen atoms in total. The van der Waals surface area contributed by atoms with E-state index in [1.54, 1.807) is 0 Å². The molecular formula is C18H27N3O. The van der Waals surface area contributed by atoms with E-state index in [0.717, 1.165) is 62.4 Å². The zero-order chi connectivity index (χ0) is 15.7. The Morgan fingerprint density at radius 1 is 1.14 bits per heavy atom. The van der Waals surface area contributed by atoms with Gasteiger partial charge < -0.3 is 15.5 Å². The molecule has 2 fully saturated rings. The first kappa shape index (κ1) is 15.5. The van der Waals surface area contributed by atoms with Crippen LogP contribution in [0, 0.1) is 25.7 Å². The topological polar surface area (TPSA) is 49.6 Å². The number of fused-ring (bicyclic) bond motifs is 1. The van der Waals surface area contributed by atoms with Gasteiger partial charge in [0.05, 0.1) is 0 Å². The fourth-order valence-corrected chi connectivity index (χ4v) is 4.06. The summed E-state index contributed by atoms with van der Waals surface area (Å²) in [5.41, 5.74) is 8.68. The third-order valence-corrected chi connectivity index (χ3v) is 5.22. The molecular weight excluding hydrogens is 274 g/mol. The van der Waals surface area contributed by atoms with Gasteiger partial charge in [-0.15, -0.1) is 0 Å². The van der Waals surface area contributed by atoms with E-state index in [1.165, 1.54) is 0 Å². The van der Waals surface area contributed by atoms with Crippen LogP contribution in [-0.4, -0.2) is 55.0 Å². The van der Waals surface area contributed by atoms with Crippen LogP contribution in [-0.2, 0) is 0 Å². The summed E-state index contributed by atoms with van der Waals surface area (Å²) in [6.07, 6.45) is 1.07. The van der Waals surface area contributed by atoms with Crippen LogP contribution in [0.5, 0.6) is 0 Å². The molecule has 22 heavy (non-hydrogen) atoms. The number of aryl methyl sites for hydroxylation is 2. The lowest BCUT2D eigenvalue weighted by Crippen LogP contribution is -2.34. The Kier molecular flexibility index (Phi) is 4.50. The third-order valence-electron chi connectivity index (χ3n) is 5.22. The Morgan fingerprint density at radius 3 is 2.27 bits per heavy atom. The van der Waals surface area contributed by atoms with Gasteiger partial charge in [0.1, 0.15) is 0 Å². The normalized spacial score (nSPS) is 24.8. The minimum Gasteiger partial charge on any atom is -0.338 e. The number of carbonyl (C=O) groups excluding carboxylic acids is 1. The number of hydrogen-bond acceptors (Lipinski definition) is 3. The van der Waals surface area contributed by atoms with E-state index in [1.807, 2.05) is 32.0 Å². The van der Waals surface area contributed by atoms with Crippen LogP contribution in [0.1, 0.15) is 27.9 Å². The van der Waals surface area contributed by atoms with Crippen molar-refractivity contribution in [2.24, 2.45) is 17.6 Å². The maximum Gasteiger partial charge on any atom is 0.254 e. The molecule has 2 N–H and O–H groups in total. The lowest BCUT2D eigenvalue weighted by atomic mass is 10.0. The first-order chi connectivity index (χ1) is 10.6. The lowest BCUT2D eigenvalue weighted by molar-refractivity contribution is 0.0772. The van der Waals surface area contributed by atoms with Gasteiger partial charge in [-0.25, -0.2) is 0 Å². The zero-order valence-corrected chi connectivity index (χ0v) is 13.7. The highest BCUT2D eigenvalue weighted by Gasteiger charge is 2.41. The molecule has 4 heteroatoms. The van der Waals surface area contributed by atoms with Crippen LogP contribution < -0.4 is 5.73 Å². The number of carbonyl (C=O) groups is 1. The minimum absolute atomic E-state index is 0.221. The van der Waals surface area contributed by atoms with Crippen molar-refractivity contribution in [3.05, 3.63) is 34.9 Å². The van der Waals surface area contributed by atoms with E-state index in [-0.39, 0.29) is 5.91 Å². The van der Waals surface area contributed by atoms with E-state index in [2.05, 4.69) is 9.80 Å². The number of benzene rings is 1. The summed E-state index contributed by atoms with van der Waals surface area (Å²) in [6.45, 7) is 10.0. The Bertz CT molecular complexity index is 523. The summed E-state index contributed by atoms with van der Waals surface area (Å²) in [5.74, 6) is 1.51. The van der Waals surface area contributed by atoms with Gasteiger partial charge in [-0.05, 0) is 56.3 Å². The zero-order valence-electron chi connectivity index (χ0n) is 13.7. The Labute approximate surface area is 133 Å². The molecule has 2 unspecified atom stereocenters. The van der Waals surface area contributed by atoms with Crippen molar-refractivity contribution in [2.75, 3.05) is 39.3 Å². The van der Waals surface area contributed by atoms with Crippen LogP contribution in [0.25, 0.3) is 0 Å². The fraction of sp³-hybridized carbons (Fsp3) is 0.611. The summed E-state index contributed by atoms with van der Waals surface area (Å²) in [5, 5.41) is 0. The molecule has 0 bridgehead atoms. The molecule has 1 aromatic rings. The van der Waals surface area contributed by atoms with E-state index < -0.39 is 0 Å². The van der Waals surface area contributed by atoms with Crippen molar-refractivity contribution >= 4 is 5.91 Å². The Hall–Kier alpha value is -1.39. The average molecular weight is 301 g/mol. The van der Waals surface area contributed by atoms with Gasteiger partial charge in [-0.3, -0.25) is 4.79 Å². The fourth-order valence-electron chi connectivity index (χ4n) is 4.06. The van der Waals surface area contributed by atoms with E-state index in [0.29, 0.717) is 11.8 Å². The number of amides is 1. The molecule has 0 radical (unpaired) electrons. The number of hydrogen-bond donors (Lipinski definition) is 1. The molecule has 0 saturated carbocycles. The molecule has 2 aliphatic rings. The second-order valence-corrected chi connectivity index (χ2v) is 6.90. The van der Waals surface area contributed by atoms with Gasteiger partial charge in [0.25, 0.3) is 5.91 Å². The molecule has 0 aliphatic carbocycles. The minimum atomic E-state index is 0.221. The lowest BCUT2D eigenvalue weighted by Gasteiger charge is -2.22. The predicted molar refractivity (Wildman–Crippen MR) is 88.9 cm³/mol. The summed E-state index contributed by atoms with van der Waals surface area (Å²) in [4.78, 5) is 17.5. The molecule has 2 aliphatic heterocycles. The first-order valence-electron chi connectivity index (χ1n) is 8.38. The smallest absolute Gasteiger partial charge is 0.254 e. The standard InChI is InChI=1S/C18H27N3O/c1-13-5-3-6-14(2)17(13)18(22)21-11-15-9-20(8-4-7-19)10-16(15)12-21/h3,5-6,15-16H,4,7-12,19H2,1-2H3. The molecule has 1 aromatic carbocycles. The van der Waals surface area contributed by atoms with Crippen molar-refractivity contribution in [2.45, 2.75) is 20.3 Å². The molecule has 2 saturated heterocycles. The van der Waals surface area contributed by atoms with Gasteiger partial charge in [0, 0.05) is 31.7 Å². The van der Waals surface area contributed by atoms with Crippen LogP contribution >= 0.6 is 0 Å². The number of likely N-dealkylation sites (tertiary alicyclic amines) is 2. The van der Waals surface area contributed by atoms with E-state index in [9.17, 15) is 4.79 Å². The maximum absolute atomic E-state index is 12.9. The van der Waals surface area contributed by atoms with Gasteiger partial charge >= 0.3 is 0 Å². The Morgan fingerprint density at radius 2 is 1.73 bits per heavy atom. The highest BCUT2D eigenvalue weighted by Crippen LogP contribution is 2.32. The van der Waals surface area contributed by atoms with Crippen molar-refractivity contribution in [1.82, 2.24) is 9.80 Å². The van der Waals surface area contributed by atoms with Crippen molar-refractivity contribution < 1.29 is 4.79 Å². The maximum atomic E-state index is 12.9. The molecule has 2 atom stereocenters. The van der Waals surface area contributed by atoms with Crippen LogP contribution in [0.2, 0.25) is 0 Å². The second-order valence-electron chi connectivity index (χ2n) is 6.90. The number of nitrogens with zero attached hydrogens (tertiary/aromatic N) is 2. The van der Waals surface area contributed by atoms with Crippen molar-refractivity contribution in [3.63, 3.8) is 0 Å². The molecule has 1 amide bonds. The van der Waals surface area contributed by atoms with Crippen LogP contribution in [0.4, 0.5) is 0 Å². The SMILES string of the molecule is Cc1cccc(C)c1C(=O)N1CC2CN(CCCN)CC2C1. The molecule has 0 spiro atoms. The van der Waals surface area contributed by atoms with Crippen molar-refractivity contribution in [1.29, 1.82) is 0 Å². The summed E-state index contributed by atoms with van der Waals surface area (Å²) in [7, 11) is 0. The molecule has 3 rings (SSSR count). The second kappa shape index (κ2) is 6.39. The van der Waals surface area contributed by atoms with Crippen molar-refractivity contribution in [3.8, 4) is 0 Å². The van der Waals surface area contributed by atoms with E-state index in [4.69, 9.17) is 5.73 Å². The van der Waals surface area contributed by atoms with Gasteiger partial charge in [-0.1, -0.05) is 18.2 Å². The monoisotopic (exact) mass is 301 g/mol. The molecule has 120 valence electrons. The largest absolute Gasteiger partial charge is 0.338 e. The van der Waals surface area contributed by atoms with Gasteiger partial charge in [0.2, 0.25) is 0 Å². The highest BCUT2D eigenvalue weighted by molar-refractivity contribution is 5.97. The van der Waals surface area contributed by atoms with Gasteiger partial charge in [0.15, 0.2) is 0 Å². The van der Waals surface area contributed by atoms with Gasteiger partial charge in [-0.2, -0.15) is 0 Å². The average Bonchev–Trinajstić information content (AvgIpc) is 3.02. The van der Waals surface area contributed by atoms with Crippen LogP contribution in [0.15, 0.2) is 18.2 Å². The summed E-state index contributed by atoms with van der Waals surface area (Å²) >= 11 is 0. The highest BCUT2D eigenvalue weighted by atomic mass is 16.2. The molecule has 0 aromatic heterocycles. The first-order valence-corrected chi connectivity index (χ1v) is 8.38. The number of rotatable bonds is 4. The summed E-state index contributed by atoms with van der Waals surface area (Å²) in [6, 6.07) is 6.09. The molecule has 2 heterocycles. The predicted octanol–water partition coefficient (Wildman–Crippen LogP) is 1.66. The summed E-state index contributed by atoms with van der Waals surface area (Å²) < 4.78 is 0. The quantitative estimate of drug-likeness (QED) is 0.920.